The third-order valence-corrected chi connectivity index (χ3v) is 1.05. The normalized spacial score (nSPS) is 4.73. The van der Waals surface area contributed by atoms with E-state index >= 15 is 0 Å². The van der Waals surface area contributed by atoms with Crippen molar-refractivity contribution in [2.45, 2.75) is 21.3 Å². The molecule has 0 aromatic heterocycles. The standard InChI is InChI=1S/C4H8S.C3H4.CH4S.CH4/c1-4(2)5-3;1-3-2;1-2;/h1H2,2-3H3;1H,2H3;2H,1H3;1H4. The van der Waals surface area contributed by atoms with Crippen molar-refractivity contribution in [1.82, 2.24) is 0 Å². The highest BCUT2D eigenvalue weighted by molar-refractivity contribution is 8.02. The highest BCUT2D eigenvalue weighted by Crippen LogP contribution is 2.03. The molecule has 2 heteroatoms. The molecule has 0 radical (unpaired) electrons. The first-order chi connectivity index (χ1) is 4.68. The summed E-state index contributed by atoms with van der Waals surface area (Å²) in [5.41, 5.74) is 0. The molecule has 68 valence electrons. The fraction of sp³-hybridized carbons (Fsp3) is 0.556. The summed E-state index contributed by atoms with van der Waals surface area (Å²) in [7, 11) is 0. The van der Waals surface area contributed by atoms with Crippen LogP contribution in [0, 0.1) is 12.3 Å². The molecule has 0 aliphatic rings. The molecule has 0 heterocycles. The summed E-state index contributed by atoms with van der Waals surface area (Å²) >= 11 is 5.21. The Labute approximate surface area is 82.3 Å². The van der Waals surface area contributed by atoms with Gasteiger partial charge in [0.05, 0.1) is 0 Å². The number of allylic oxidation sites excluding steroid dienone is 1. The van der Waals surface area contributed by atoms with Crippen molar-refractivity contribution in [2.24, 2.45) is 0 Å². The van der Waals surface area contributed by atoms with Crippen LogP contribution < -0.4 is 0 Å². The third kappa shape index (κ3) is 160. The van der Waals surface area contributed by atoms with Crippen LogP contribution in [-0.4, -0.2) is 12.5 Å². The first kappa shape index (κ1) is 22.4. The van der Waals surface area contributed by atoms with Gasteiger partial charge in [-0.1, -0.05) is 14.0 Å². The monoisotopic (exact) mass is 192 g/mol. The quantitative estimate of drug-likeness (QED) is 0.488. The van der Waals surface area contributed by atoms with E-state index in [1.807, 2.05) is 13.2 Å². The summed E-state index contributed by atoms with van der Waals surface area (Å²) < 4.78 is 0. The average molecular weight is 192 g/mol. The van der Waals surface area contributed by atoms with Crippen molar-refractivity contribution in [1.29, 1.82) is 0 Å². The van der Waals surface area contributed by atoms with Gasteiger partial charge in [-0.25, -0.2) is 0 Å². The van der Waals surface area contributed by atoms with Crippen LogP contribution in [0.5, 0.6) is 0 Å². The second-order valence-electron chi connectivity index (χ2n) is 1.19. The first-order valence-corrected chi connectivity index (χ1v) is 4.82. The topological polar surface area (TPSA) is 0 Å². The molecule has 0 spiro atoms. The summed E-state index contributed by atoms with van der Waals surface area (Å²) in [4.78, 5) is 1.17. The Bertz CT molecular complexity index is 90.2. The Morgan fingerprint density at radius 3 is 1.64 bits per heavy atom. The minimum atomic E-state index is 0. The predicted molar refractivity (Wildman–Crippen MR) is 64.5 cm³/mol. The molecule has 0 nitrogen and oxygen atoms in total. The molecule has 11 heavy (non-hydrogen) atoms. The lowest BCUT2D eigenvalue weighted by Crippen LogP contribution is -1.49. The SMILES string of the molecule is C.C#CC.C=C(C)SC.CS. The third-order valence-electron chi connectivity index (χ3n) is 0.348. The van der Waals surface area contributed by atoms with Crippen LogP contribution >= 0.6 is 24.4 Å². The van der Waals surface area contributed by atoms with Crippen LogP contribution in [0.4, 0.5) is 0 Å². The van der Waals surface area contributed by atoms with E-state index < -0.39 is 0 Å². The largest absolute Gasteiger partial charge is 0.183 e. The molecular weight excluding hydrogens is 172 g/mol. The van der Waals surface area contributed by atoms with E-state index in [0.717, 1.165) is 0 Å². The first-order valence-electron chi connectivity index (χ1n) is 2.70. The zero-order valence-electron chi connectivity index (χ0n) is 7.14. The minimum Gasteiger partial charge on any atom is -0.183 e. The van der Waals surface area contributed by atoms with Gasteiger partial charge in [-0.2, -0.15) is 12.6 Å². The maximum absolute atomic E-state index is 4.60. The van der Waals surface area contributed by atoms with Crippen molar-refractivity contribution >= 4 is 24.4 Å². The van der Waals surface area contributed by atoms with Gasteiger partial charge in [0.15, 0.2) is 0 Å². The molecule has 0 bridgehead atoms. The number of hydrogen-bond acceptors (Lipinski definition) is 2. The molecule has 0 rings (SSSR count). The molecule has 0 atom stereocenters. The molecule has 0 aliphatic carbocycles. The van der Waals surface area contributed by atoms with E-state index in [1.54, 1.807) is 24.9 Å². The zero-order valence-corrected chi connectivity index (χ0v) is 8.85. The number of thiol groups is 1. The second-order valence-corrected chi connectivity index (χ2v) is 2.30. The highest BCUT2D eigenvalue weighted by Gasteiger charge is 1.67. The summed E-state index contributed by atoms with van der Waals surface area (Å²) in [6, 6.07) is 0. The number of terminal acetylenes is 1. The van der Waals surface area contributed by atoms with Gasteiger partial charge in [-0.05, 0) is 31.3 Å². The van der Waals surface area contributed by atoms with E-state index in [4.69, 9.17) is 0 Å². The van der Waals surface area contributed by atoms with Crippen LogP contribution in [0.25, 0.3) is 0 Å². The molecular formula is C9H20S2. The maximum Gasteiger partial charge on any atom is -0.00297 e. The Hall–Kier alpha value is -0.000000000000000111. The number of rotatable bonds is 1. The fourth-order valence-electron chi connectivity index (χ4n) is 0. The maximum atomic E-state index is 4.60. The summed E-state index contributed by atoms with van der Waals surface area (Å²) in [5.74, 6) is 2.25. The van der Waals surface area contributed by atoms with Crippen molar-refractivity contribution < 1.29 is 0 Å². The average Bonchev–Trinajstić information content (AvgIpc) is 1.94. The van der Waals surface area contributed by atoms with Crippen LogP contribution in [0.1, 0.15) is 21.3 Å². The van der Waals surface area contributed by atoms with Gasteiger partial charge in [-0.3, -0.25) is 0 Å². The van der Waals surface area contributed by atoms with Crippen LogP contribution in [0.3, 0.4) is 0 Å². The zero-order chi connectivity index (χ0) is 8.99. The lowest BCUT2D eigenvalue weighted by molar-refractivity contribution is 1.73. The van der Waals surface area contributed by atoms with Crippen LogP contribution in [0.2, 0.25) is 0 Å². The molecule has 0 aromatic carbocycles. The van der Waals surface area contributed by atoms with Crippen molar-refractivity contribution in [3.8, 4) is 12.3 Å². The molecule has 0 saturated carbocycles. The van der Waals surface area contributed by atoms with E-state index in [1.165, 1.54) is 4.91 Å². The fourth-order valence-corrected chi connectivity index (χ4v) is 0. The molecule has 0 aliphatic heterocycles. The molecule has 0 unspecified atom stereocenters. The van der Waals surface area contributed by atoms with Gasteiger partial charge in [0, 0.05) is 0 Å². The van der Waals surface area contributed by atoms with Gasteiger partial charge in [0.1, 0.15) is 0 Å². The summed E-state index contributed by atoms with van der Waals surface area (Å²) in [6.07, 6.45) is 8.31. The van der Waals surface area contributed by atoms with Gasteiger partial charge in [0.2, 0.25) is 0 Å². The van der Waals surface area contributed by atoms with E-state index in [0.29, 0.717) is 0 Å². The Morgan fingerprint density at radius 2 is 1.64 bits per heavy atom. The lowest BCUT2D eigenvalue weighted by Gasteiger charge is -1.79. The Balaban J connectivity index is -0.0000000360. The van der Waals surface area contributed by atoms with Crippen LogP contribution in [-0.2, 0) is 0 Å². The van der Waals surface area contributed by atoms with Crippen molar-refractivity contribution in [3.63, 3.8) is 0 Å². The molecule has 0 saturated heterocycles. The van der Waals surface area contributed by atoms with Gasteiger partial charge in [-0.15, -0.1) is 24.1 Å². The van der Waals surface area contributed by atoms with E-state index in [-0.39, 0.29) is 7.43 Å². The van der Waals surface area contributed by atoms with E-state index in [2.05, 4.69) is 31.6 Å². The van der Waals surface area contributed by atoms with Gasteiger partial charge in [0.25, 0.3) is 0 Å². The molecule has 0 N–H and O–H groups in total. The summed E-state index contributed by atoms with van der Waals surface area (Å²) in [6.45, 7) is 7.28. The van der Waals surface area contributed by atoms with Crippen molar-refractivity contribution in [2.75, 3.05) is 12.5 Å². The van der Waals surface area contributed by atoms with Gasteiger partial charge < -0.3 is 0 Å². The number of thioether (sulfide) groups is 1. The smallest absolute Gasteiger partial charge is 0.00297 e. The Morgan fingerprint density at radius 1 is 1.55 bits per heavy atom. The van der Waals surface area contributed by atoms with Gasteiger partial charge >= 0.3 is 0 Å². The molecule has 0 amide bonds. The number of hydrogen-bond donors (Lipinski definition) is 1. The Kier molecular flexibility index (Phi) is 66.1. The predicted octanol–water partition coefficient (Wildman–Crippen LogP) is 3.70. The molecule has 0 aromatic rings. The van der Waals surface area contributed by atoms with Crippen LogP contribution in [0.15, 0.2) is 11.5 Å². The summed E-state index contributed by atoms with van der Waals surface area (Å²) in [5, 5.41) is 0. The minimum absolute atomic E-state index is 0. The van der Waals surface area contributed by atoms with E-state index in [9.17, 15) is 0 Å². The highest BCUT2D eigenvalue weighted by atomic mass is 32.2. The second kappa shape index (κ2) is 32.4. The lowest BCUT2D eigenvalue weighted by atomic mass is 10.8. The van der Waals surface area contributed by atoms with Crippen molar-refractivity contribution in [3.05, 3.63) is 11.5 Å². The molecule has 0 fully saturated rings.